The van der Waals surface area contributed by atoms with Crippen molar-refractivity contribution in [3.05, 3.63) is 0 Å². The van der Waals surface area contributed by atoms with Gasteiger partial charge in [0, 0.05) is 0 Å². The van der Waals surface area contributed by atoms with Crippen molar-refractivity contribution in [2.24, 2.45) is 5.41 Å². The first kappa shape index (κ1) is 13.3. The highest BCUT2D eigenvalue weighted by Crippen LogP contribution is 2.73. The molecule has 0 N–H and O–H groups in total. The molecule has 1 heterocycles. The van der Waals surface area contributed by atoms with Crippen LogP contribution in [0.2, 0.25) is 0 Å². The SMILES string of the molecule is FC(F)(F)C1(C(F)(F)F)C(F)(F)OC1(F)F. The van der Waals surface area contributed by atoms with Gasteiger partial charge in [0.15, 0.2) is 0 Å². The molecular weight excluding hydrogens is 266 g/mol. The Labute approximate surface area is 80.0 Å². The van der Waals surface area contributed by atoms with Gasteiger partial charge >= 0.3 is 30.0 Å². The maximum atomic E-state index is 12.2. The molecule has 0 spiro atoms. The molecule has 1 aliphatic rings. The van der Waals surface area contributed by atoms with Crippen molar-refractivity contribution in [1.29, 1.82) is 0 Å². The quantitative estimate of drug-likeness (QED) is 0.611. The predicted molar refractivity (Wildman–Crippen MR) is 25.5 cm³/mol. The molecule has 0 bridgehead atoms. The topological polar surface area (TPSA) is 9.23 Å². The lowest BCUT2D eigenvalue weighted by molar-refractivity contribution is -0.638. The van der Waals surface area contributed by atoms with Crippen LogP contribution in [0.25, 0.3) is 0 Å². The first-order valence-corrected chi connectivity index (χ1v) is 3.30. The summed E-state index contributed by atoms with van der Waals surface area (Å²) < 4.78 is 122. The van der Waals surface area contributed by atoms with Crippen molar-refractivity contribution >= 4 is 0 Å². The van der Waals surface area contributed by atoms with E-state index in [2.05, 4.69) is 4.74 Å². The minimum atomic E-state index is -6.91. The molecule has 1 aliphatic heterocycles. The van der Waals surface area contributed by atoms with Gasteiger partial charge in [-0.15, -0.1) is 0 Å². The zero-order valence-corrected chi connectivity index (χ0v) is 6.69. The van der Waals surface area contributed by atoms with Gasteiger partial charge in [-0.05, 0) is 0 Å². The van der Waals surface area contributed by atoms with E-state index < -0.39 is 30.0 Å². The Hall–Kier alpha value is -0.740. The van der Waals surface area contributed by atoms with Crippen molar-refractivity contribution in [3.8, 4) is 0 Å². The molecule has 1 fully saturated rings. The zero-order chi connectivity index (χ0) is 13.2. The van der Waals surface area contributed by atoms with Crippen LogP contribution < -0.4 is 0 Å². The third kappa shape index (κ3) is 1.17. The molecule has 96 valence electrons. The summed E-state index contributed by atoms with van der Waals surface area (Å²) in [6.45, 7) is 0. The predicted octanol–water partition coefficient (Wildman–Crippen LogP) is 3.31. The minimum Gasteiger partial charge on any atom is -0.253 e. The number of ether oxygens (including phenoxy) is 1. The molecule has 16 heavy (non-hydrogen) atoms. The van der Waals surface area contributed by atoms with Crippen LogP contribution in [0.15, 0.2) is 0 Å². The average Bonchev–Trinajstić information content (AvgIpc) is 1.70. The van der Waals surface area contributed by atoms with E-state index in [9.17, 15) is 43.9 Å². The monoisotopic (exact) mass is 266 g/mol. The molecule has 1 saturated heterocycles. The normalized spacial score (nSPS) is 27.4. The highest BCUT2D eigenvalue weighted by atomic mass is 19.4. The summed E-state index contributed by atoms with van der Waals surface area (Å²) in [5.41, 5.74) is -6.50. The summed E-state index contributed by atoms with van der Waals surface area (Å²) in [4.78, 5) is 0. The zero-order valence-electron chi connectivity index (χ0n) is 6.69. The van der Waals surface area contributed by atoms with E-state index in [-0.39, 0.29) is 0 Å². The molecule has 1 nitrogen and oxygen atoms in total. The summed E-state index contributed by atoms with van der Waals surface area (Å²) in [7, 11) is 0. The van der Waals surface area contributed by atoms with Crippen LogP contribution in [-0.4, -0.2) is 24.6 Å². The minimum absolute atomic E-state index is 2.08. The van der Waals surface area contributed by atoms with Crippen LogP contribution in [0.3, 0.4) is 0 Å². The van der Waals surface area contributed by atoms with Crippen LogP contribution in [-0.2, 0) is 4.74 Å². The Bertz CT molecular complexity index is 244. The second-order valence-electron chi connectivity index (χ2n) is 2.88. The van der Waals surface area contributed by atoms with Gasteiger partial charge in [0.25, 0.3) is 0 Å². The molecule has 0 aromatic rings. The summed E-state index contributed by atoms with van der Waals surface area (Å²) in [6, 6.07) is 0. The van der Waals surface area contributed by atoms with Gasteiger partial charge in [-0.3, -0.25) is 4.74 Å². The van der Waals surface area contributed by atoms with Crippen molar-refractivity contribution in [3.63, 3.8) is 0 Å². The lowest BCUT2D eigenvalue weighted by Gasteiger charge is -2.53. The van der Waals surface area contributed by atoms with E-state index in [1.165, 1.54) is 0 Å². The lowest BCUT2D eigenvalue weighted by atomic mass is 9.78. The molecule has 11 heteroatoms. The number of halogens is 10. The summed E-state index contributed by atoms with van der Waals surface area (Å²) in [6.07, 6.45) is -25.9. The Morgan fingerprint density at radius 3 is 0.938 bits per heavy atom. The van der Waals surface area contributed by atoms with Crippen LogP contribution >= 0.6 is 0 Å². The summed E-state index contributed by atoms with van der Waals surface area (Å²) in [5.74, 6) is 0. The van der Waals surface area contributed by atoms with Crippen LogP contribution in [0.4, 0.5) is 43.9 Å². The smallest absolute Gasteiger partial charge is 0.253 e. The molecule has 0 atom stereocenters. The van der Waals surface area contributed by atoms with Gasteiger partial charge < -0.3 is 0 Å². The van der Waals surface area contributed by atoms with E-state index in [1.54, 1.807) is 0 Å². The summed E-state index contributed by atoms with van der Waals surface area (Å²) >= 11 is 0. The molecule has 0 saturated carbocycles. The van der Waals surface area contributed by atoms with Crippen molar-refractivity contribution in [2.75, 3.05) is 0 Å². The maximum absolute atomic E-state index is 12.2. The Morgan fingerprint density at radius 2 is 0.875 bits per heavy atom. The van der Waals surface area contributed by atoms with Gasteiger partial charge in [0.2, 0.25) is 0 Å². The van der Waals surface area contributed by atoms with Gasteiger partial charge in [0.1, 0.15) is 0 Å². The fourth-order valence-electron chi connectivity index (χ4n) is 1.26. The van der Waals surface area contributed by atoms with Crippen LogP contribution in [0.5, 0.6) is 0 Å². The van der Waals surface area contributed by atoms with Crippen molar-refractivity contribution in [1.82, 2.24) is 0 Å². The fourth-order valence-corrected chi connectivity index (χ4v) is 1.26. The lowest BCUT2D eigenvalue weighted by Crippen LogP contribution is -2.80. The molecule has 1 rings (SSSR count). The first-order chi connectivity index (χ1) is 6.71. The van der Waals surface area contributed by atoms with Crippen molar-refractivity contribution in [2.45, 2.75) is 24.6 Å². The Balaban J connectivity index is 3.48. The number of rotatable bonds is 0. The average molecular weight is 266 g/mol. The third-order valence-corrected chi connectivity index (χ3v) is 1.98. The third-order valence-electron chi connectivity index (χ3n) is 1.98. The Morgan fingerprint density at radius 1 is 0.625 bits per heavy atom. The highest BCUT2D eigenvalue weighted by Gasteiger charge is 3.02. The summed E-state index contributed by atoms with van der Waals surface area (Å²) in [5, 5.41) is 0. The molecule has 0 radical (unpaired) electrons. The highest BCUT2D eigenvalue weighted by molar-refractivity contribution is 5.12. The first-order valence-electron chi connectivity index (χ1n) is 3.30. The number of alkyl halides is 10. The van der Waals surface area contributed by atoms with Crippen molar-refractivity contribution < 1.29 is 48.6 Å². The number of hydrogen-bond donors (Lipinski definition) is 0. The maximum Gasteiger partial charge on any atom is 0.420 e. The van der Waals surface area contributed by atoms with E-state index in [1.807, 2.05) is 0 Å². The largest absolute Gasteiger partial charge is 0.420 e. The standard InChI is InChI=1S/C5F10O/c6-2(7,8)1(3(9,10)11)4(12,13)16-5(1,14)15. The molecule has 0 aromatic carbocycles. The molecule has 0 amide bonds. The number of hydrogen-bond acceptors (Lipinski definition) is 1. The van der Waals surface area contributed by atoms with Gasteiger partial charge in [-0.25, -0.2) is 0 Å². The van der Waals surface area contributed by atoms with E-state index >= 15 is 0 Å². The Kier molecular flexibility index (Phi) is 2.28. The second-order valence-corrected chi connectivity index (χ2v) is 2.88. The van der Waals surface area contributed by atoms with Crippen LogP contribution in [0, 0.1) is 5.41 Å². The van der Waals surface area contributed by atoms with Gasteiger partial charge in [-0.1, -0.05) is 0 Å². The molecule has 0 unspecified atom stereocenters. The fraction of sp³-hybridized carbons (Fsp3) is 1.00. The van der Waals surface area contributed by atoms with Crippen LogP contribution in [0.1, 0.15) is 0 Å². The van der Waals surface area contributed by atoms with E-state index in [0.717, 1.165) is 0 Å². The molecule has 0 aromatic heterocycles. The molecular formula is C5F10O. The second kappa shape index (κ2) is 2.74. The van der Waals surface area contributed by atoms with E-state index in [4.69, 9.17) is 0 Å². The van der Waals surface area contributed by atoms with E-state index in [0.29, 0.717) is 0 Å². The van der Waals surface area contributed by atoms with Gasteiger partial charge in [0.05, 0.1) is 0 Å². The molecule has 0 aliphatic carbocycles. The van der Waals surface area contributed by atoms with Gasteiger partial charge in [-0.2, -0.15) is 43.9 Å².